The Morgan fingerprint density at radius 2 is 1.21 bits per heavy atom. The first-order valence-corrected chi connectivity index (χ1v) is 4.35. The fourth-order valence-electron chi connectivity index (χ4n) is 0.855. The molecule has 0 saturated carbocycles. The summed E-state index contributed by atoms with van der Waals surface area (Å²) in [6.07, 6.45) is -13.7. The molecule has 1 unspecified atom stereocenters. The summed E-state index contributed by atoms with van der Waals surface area (Å²) < 4.78 is 102. The van der Waals surface area contributed by atoms with Crippen molar-refractivity contribution in [3.8, 4) is 0 Å². The lowest BCUT2D eigenvalue weighted by atomic mass is 9.95. The van der Waals surface area contributed by atoms with Gasteiger partial charge in [-0.05, 0) is 0 Å². The summed E-state index contributed by atoms with van der Waals surface area (Å²) in [6, 6.07) is 0. The predicted molar refractivity (Wildman–Crippen MR) is 42.7 cm³/mol. The quantitative estimate of drug-likeness (QED) is 0.347. The van der Waals surface area contributed by atoms with Crippen LogP contribution in [0.5, 0.6) is 0 Å². The largest absolute Gasteiger partial charge is 0.465 e. The third-order valence-electron chi connectivity index (χ3n) is 1.82. The van der Waals surface area contributed by atoms with Crippen LogP contribution in [0.15, 0.2) is 0 Å². The minimum absolute atomic E-state index is 0.313. The average Bonchev–Trinajstić information content (AvgIpc) is 2.22. The molecule has 0 aliphatic rings. The van der Waals surface area contributed by atoms with Crippen molar-refractivity contribution in [2.45, 2.75) is 23.1 Å². The molecule has 0 aromatic rings. The normalized spacial score (nSPS) is 16.7. The van der Waals surface area contributed by atoms with Gasteiger partial charge >= 0.3 is 29.1 Å². The van der Waals surface area contributed by atoms with Gasteiger partial charge in [0.25, 0.3) is 5.78 Å². The van der Waals surface area contributed by atoms with E-state index in [1.807, 2.05) is 0 Å². The van der Waals surface area contributed by atoms with Crippen molar-refractivity contribution in [2.24, 2.45) is 0 Å². The van der Waals surface area contributed by atoms with Crippen LogP contribution in [0.3, 0.4) is 0 Å². The molecule has 0 spiro atoms. The third kappa shape index (κ3) is 2.74. The van der Waals surface area contributed by atoms with E-state index >= 15 is 0 Å². The van der Waals surface area contributed by atoms with Crippen molar-refractivity contribution in [3.05, 3.63) is 0 Å². The zero-order chi connectivity index (χ0) is 15.9. The van der Waals surface area contributed by atoms with Crippen LogP contribution in [0.4, 0.5) is 35.1 Å². The van der Waals surface area contributed by atoms with Gasteiger partial charge in [-0.15, -0.1) is 0 Å². The van der Waals surface area contributed by atoms with Crippen molar-refractivity contribution in [1.82, 2.24) is 0 Å². The highest BCUT2D eigenvalue weighted by Gasteiger charge is 2.81. The monoisotopic (exact) mass is 322 g/mol. The Hall–Kier alpha value is -1.13. The molecule has 12 heteroatoms. The Morgan fingerprint density at radius 1 is 0.895 bits per heavy atom. The van der Waals surface area contributed by atoms with E-state index in [1.165, 1.54) is 0 Å². The number of methoxy groups -OCH3 is 1. The number of ether oxygens (including phenoxy) is 1. The highest BCUT2D eigenvalue weighted by Crippen LogP contribution is 2.49. The highest BCUT2D eigenvalue weighted by atomic mass is 35.5. The van der Waals surface area contributed by atoms with Crippen LogP contribution in [-0.2, 0) is 14.3 Å². The molecule has 0 fully saturated rings. The lowest BCUT2D eigenvalue weighted by Crippen LogP contribution is -2.64. The van der Waals surface area contributed by atoms with Gasteiger partial charge in [-0.3, -0.25) is 4.79 Å². The van der Waals surface area contributed by atoms with Crippen molar-refractivity contribution >= 4 is 23.4 Å². The van der Waals surface area contributed by atoms with Crippen LogP contribution in [0, 0.1) is 0 Å². The molecule has 0 radical (unpaired) electrons. The Balaban J connectivity index is 5.97. The second kappa shape index (κ2) is 4.76. The van der Waals surface area contributed by atoms with E-state index in [0.717, 1.165) is 0 Å². The van der Waals surface area contributed by atoms with E-state index in [2.05, 4.69) is 16.3 Å². The summed E-state index contributed by atoms with van der Waals surface area (Å²) in [5.41, 5.74) is -6.65. The Bertz CT molecular complexity index is 371. The predicted octanol–water partition coefficient (Wildman–Crippen LogP) is 2.47. The average molecular weight is 323 g/mol. The van der Waals surface area contributed by atoms with Crippen LogP contribution in [0.25, 0.3) is 0 Å². The van der Waals surface area contributed by atoms with Crippen molar-refractivity contribution < 1.29 is 49.4 Å². The maximum absolute atomic E-state index is 13.1. The number of alkyl halides is 9. The SMILES string of the molecule is COC(=O)C(F)(Cl)C(=O)C(F)(C(F)(F)F)C(F)(F)F. The van der Waals surface area contributed by atoms with Gasteiger partial charge in [-0.2, -0.15) is 26.3 Å². The van der Waals surface area contributed by atoms with Gasteiger partial charge in [-0.1, -0.05) is 11.6 Å². The molecule has 3 nitrogen and oxygen atoms in total. The molecule has 0 saturated heterocycles. The lowest BCUT2D eigenvalue weighted by molar-refractivity contribution is -0.326. The summed E-state index contributed by atoms with van der Waals surface area (Å²) in [5.74, 6) is -6.50. The summed E-state index contributed by atoms with van der Waals surface area (Å²) >= 11 is 4.30. The molecule has 0 aromatic heterocycles. The fraction of sp³-hybridized carbons (Fsp3) is 0.714. The Morgan fingerprint density at radius 3 is 1.42 bits per heavy atom. The molecule has 112 valence electrons. The molecule has 0 bridgehead atoms. The molecular weight excluding hydrogens is 320 g/mol. The zero-order valence-corrected chi connectivity index (χ0v) is 9.38. The van der Waals surface area contributed by atoms with E-state index in [-0.39, 0.29) is 0 Å². The van der Waals surface area contributed by atoms with Gasteiger partial charge < -0.3 is 4.74 Å². The van der Waals surface area contributed by atoms with Crippen LogP contribution in [0.2, 0.25) is 0 Å². The number of hydrogen-bond donors (Lipinski definition) is 0. The topological polar surface area (TPSA) is 43.4 Å². The molecule has 0 N–H and O–H groups in total. The minimum atomic E-state index is -6.87. The van der Waals surface area contributed by atoms with Gasteiger partial charge in [0, 0.05) is 0 Å². The summed E-state index contributed by atoms with van der Waals surface area (Å²) in [7, 11) is 0.313. The third-order valence-corrected chi connectivity index (χ3v) is 2.15. The van der Waals surface area contributed by atoms with Gasteiger partial charge in [0.2, 0.25) is 0 Å². The number of hydrogen-bond acceptors (Lipinski definition) is 3. The molecule has 0 aliphatic carbocycles. The maximum atomic E-state index is 13.1. The van der Waals surface area contributed by atoms with Crippen molar-refractivity contribution in [3.63, 3.8) is 0 Å². The van der Waals surface area contributed by atoms with Crippen molar-refractivity contribution in [1.29, 1.82) is 0 Å². The highest BCUT2D eigenvalue weighted by molar-refractivity contribution is 6.45. The number of esters is 1. The summed E-state index contributed by atoms with van der Waals surface area (Å²) in [4.78, 5) is 21.3. The van der Waals surface area contributed by atoms with E-state index < -0.39 is 34.9 Å². The lowest BCUT2D eigenvalue weighted by Gasteiger charge is -2.30. The summed E-state index contributed by atoms with van der Waals surface area (Å²) in [6.45, 7) is 0. The fourth-order valence-corrected chi connectivity index (χ4v) is 1.06. The zero-order valence-electron chi connectivity index (χ0n) is 8.63. The van der Waals surface area contributed by atoms with Gasteiger partial charge in [-0.25, -0.2) is 13.6 Å². The van der Waals surface area contributed by atoms with Crippen molar-refractivity contribution in [2.75, 3.05) is 7.11 Å². The van der Waals surface area contributed by atoms with E-state index in [1.54, 1.807) is 0 Å². The molecular formula is C7H3ClF8O3. The Labute approximate surface area is 104 Å². The second-order valence-electron chi connectivity index (χ2n) is 3.05. The van der Waals surface area contributed by atoms with E-state index in [4.69, 9.17) is 0 Å². The molecule has 0 aromatic carbocycles. The standard InChI is InChI=1S/C7H3ClF8O3/c1-19-3(18)4(8,9)2(17)5(10,6(11,12)13)7(14,15)16/h1H3. The van der Waals surface area contributed by atoms with Crippen LogP contribution >= 0.6 is 11.6 Å². The number of halogens is 9. The van der Waals surface area contributed by atoms with Gasteiger partial charge in [0.05, 0.1) is 7.11 Å². The molecule has 1 atom stereocenters. The van der Waals surface area contributed by atoms with E-state index in [9.17, 15) is 44.7 Å². The number of carbonyl (C=O) groups is 2. The van der Waals surface area contributed by atoms with Crippen LogP contribution in [0.1, 0.15) is 0 Å². The molecule has 0 heterocycles. The Kier molecular flexibility index (Phi) is 4.48. The number of Topliss-reactive ketones (excluding diaryl/α,β-unsaturated/α-hetero) is 1. The van der Waals surface area contributed by atoms with Gasteiger partial charge in [0.15, 0.2) is 0 Å². The number of ketones is 1. The molecule has 0 aliphatic heterocycles. The molecule has 0 rings (SSSR count). The van der Waals surface area contributed by atoms with Crippen LogP contribution < -0.4 is 0 Å². The first-order chi connectivity index (χ1) is 8.14. The summed E-state index contributed by atoms with van der Waals surface area (Å²) in [5, 5.41) is -4.98. The minimum Gasteiger partial charge on any atom is -0.465 e. The molecule has 19 heavy (non-hydrogen) atoms. The van der Waals surface area contributed by atoms with Gasteiger partial charge in [0.1, 0.15) is 0 Å². The molecule has 0 amide bonds. The second-order valence-corrected chi connectivity index (χ2v) is 3.57. The maximum Gasteiger partial charge on any atom is 0.439 e. The number of carbonyl (C=O) groups excluding carboxylic acids is 2. The first kappa shape index (κ1) is 17.9. The van der Waals surface area contributed by atoms with E-state index in [0.29, 0.717) is 7.11 Å². The first-order valence-electron chi connectivity index (χ1n) is 3.97. The smallest absolute Gasteiger partial charge is 0.439 e. The van der Waals surface area contributed by atoms with Crippen LogP contribution in [-0.4, -0.2) is 42.0 Å². The number of rotatable bonds is 3.